The highest BCUT2D eigenvalue weighted by Crippen LogP contribution is 2.24. The molecule has 6 heteroatoms. The van der Waals surface area contributed by atoms with E-state index in [4.69, 9.17) is 9.84 Å². The van der Waals surface area contributed by atoms with Crippen molar-refractivity contribution in [1.29, 1.82) is 0 Å². The minimum Gasteiger partial charge on any atom is -0.486 e. The lowest BCUT2D eigenvalue weighted by Gasteiger charge is -2.05. The second kappa shape index (κ2) is 5.22. The van der Waals surface area contributed by atoms with E-state index >= 15 is 0 Å². The first-order valence-electron chi connectivity index (χ1n) is 5.21. The van der Waals surface area contributed by atoms with Gasteiger partial charge in [0.1, 0.15) is 12.4 Å². The zero-order valence-electron chi connectivity index (χ0n) is 9.63. The Bertz CT molecular complexity index is 580. The van der Waals surface area contributed by atoms with Crippen molar-refractivity contribution >= 4 is 21.9 Å². The largest absolute Gasteiger partial charge is 0.486 e. The molecule has 0 bridgehead atoms. The lowest BCUT2D eigenvalue weighted by Crippen LogP contribution is -2.05. The van der Waals surface area contributed by atoms with Gasteiger partial charge in [-0.2, -0.15) is 0 Å². The summed E-state index contributed by atoms with van der Waals surface area (Å²) in [5.74, 6) is -0.356. The van der Waals surface area contributed by atoms with Crippen molar-refractivity contribution in [1.82, 2.24) is 9.55 Å². The number of carboxylic acid groups (broad SMARTS) is 1. The van der Waals surface area contributed by atoms with E-state index in [1.54, 1.807) is 13.2 Å². The van der Waals surface area contributed by atoms with Crippen molar-refractivity contribution in [3.05, 3.63) is 46.5 Å². The first kappa shape index (κ1) is 12.6. The Morgan fingerprint density at radius 3 is 2.83 bits per heavy atom. The van der Waals surface area contributed by atoms with Crippen molar-refractivity contribution in [3.8, 4) is 5.75 Å². The van der Waals surface area contributed by atoms with Crippen molar-refractivity contribution in [3.63, 3.8) is 0 Å². The molecule has 0 amide bonds. The van der Waals surface area contributed by atoms with E-state index in [0.29, 0.717) is 11.4 Å². The summed E-state index contributed by atoms with van der Waals surface area (Å²) >= 11 is 3.37. The van der Waals surface area contributed by atoms with Gasteiger partial charge in [0.05, 0.1) is 10.2 Å². The van der Waals surface area contributed by atoms with Crippen LogP contribution < -0.4 is 4.74 Å². The second-order valence-corrected chi connectivity index (χ2v) is 4.55. The first-order valence-corrected chi connectivity index (χ1v) is 6.00. The van der Waals surface area contributed by atoms with Crippen LogP contribution in [0.15, 0.2) is 34.9 Å². The third-order valence-corrected chi connectivity index (χ3v) is 2.98. The minimum absolute atomic E-state index is 0.000673. The quantitative estimate of drug-likeness (QED) is 0.942. The smallest absolute Gasteiger partial charge is 0.372 e. The average Bonchev–Trinajstić information content (AvgIpc) is 2.70. The molecule has 0 saturated heterocycles. The summed E-state index contributed by atoms with van der Waals surface area (Å²) in [7, 11) is 1.64. The van der Waals surface area contributed by atoms with Crippen molar-refractivity contribution in [2.75, 3.05) is 0 Å². The van der Waals surface area contributed by atoms with Gasteiger partial charge in [0.25, 0.3) is 0 Å². The Balaban J connectivity index is 2.09. The van der Waals surface area contributed by atoms with Crippen molar-refractivity contribution < 1.29 is 14.6 Å². The highest BCUT2D eigenvalue weighted by atomic mass is 79.9. The predicted molar refractivity (Wildman–Crippen MR) is 68.6 cm³/mol. The second-order valence-electron chi connectivity index (χ2n) is 3.69. The molecule has 2 aromatic rings. The monoisotopic (exact) mass is 310 g/mol. The molecule has 0 aliphatic rings. The lowest BCUT2D eigenvalue weighted by molar-refractivity contribution is 0.0679. The number of benzene rings is 1. The van der Waals surface area contributed by atoms with E-state index in [-0.39, 0.29) is 12.4 Å². The zero-order valence-corrected chi connectivity index (χ0v) is 11.2. The summed E-state index contributed by atoms with van der Waals surface area (Å²) in [6.45, 7) is 0.226. The molecule has 0 aliphatic carbocycles. The van der Waals surface area contributed by atoms with Crippen LogP contribution in [0.25, 0.3) is 0 Å². The number of carbonyl (C=O) groups is 1. The third kappa shape index (κ3) is 2.70. The maximum atomic E-state index is 10.8. The molecule has 0 fully saturated rings. The number of ether oxygens (including phenoxy) is 1. The van der Waals surface area contributed by atoms with Crippen LogP contribution in [0.3, 0.4) is 0 Å². The number of aromatic nitrogens is 2. The Hall–Kier alpha value is -1.82. The maximum Gasteiger partial charge on any atom is 0.372 e. The molecule has 1 heterocycles. The number of hydrogen-bond acceptors (Lipinski definition) is 3. The number of aromatic carboxylic acids is 1. The van der Waals surface area contributed by atoms with Crippen LogP contribution in [0.4, 0.5) is 0 Å². The van der Waals surface area contributed by atoms with Crippen molar-refractivity contribution in [2.45, 2.75) is 6.61 Å². The molecule has 94 valence electrons. The van der Waals surface area contributed by atoms with Gasteiger partial charge in [-0.3, -0.25) is 0 Å². The van der Waals surface area contributed by atoms with Crippen LogP contribution in [0.5, 0.6) is 5.75 Å². The SMILES string of the molecule is Cn1cc(COc2ccccc2Br)nc1C(=O)O. The summed E-state index contributed by atoms with van der Waals surface area (Å²) in [5.41, 5.74) is 0.575. The minimum atomic E-state index is -1.05. The van der Waals surface area contributed by atoms with Crippen LogP contribution in [0.2, 0.25) is 0 Å². The first-order chi connectivity index (χ1) is 8.58. The van der Waals surface area contributed by atoms with E-state index in [1.807, 2.05) is 24.3 Å². The number of halogens is 1. The molecule has 1 aromatic heterocycles. The van der Waals surface area contributed by atoms with Gasteiger partial charge < -0.3 is 14.4 Å². The van der Waals surface area contributed by atoms with Gasteiger partial charge in [0, 0.05) is 13.2 Å². The number of hydrogen-bond donors (Lipinski definition) is 1. The van der Waals surface area contributed by atoms with Gasteiger partial charge in [-0.05, 0) is 28.1 Å². The van der Waals surface area contributed by atoms with E-state index < -0.39 is 5.97 Å². The number of nitrogens with zero attached hydrogens (tertiary/aromatic N) is 2. The summed E-state index contributed by atoms with van der Waals surface area (Å²) in [6, 6.07) is 7.45. The third-order valence-electron chi connectivity index (χ3n) is 2.33. The zero-order chi connectivity index (χ0) is 13.1. The van der Waals surface area contributed by atoms with Crippen LogP contribution >= 0.6 is 15.9 Å². The van der Waals surface area contributed by atoms with Crippen molar-refractivity contribution in [2.24, 2.45) is 7.05 Å². The standard InChI is InChI=1S/C12H11BrN2O3/c1-15-6-8(14-11(15)12(16)17)7-18-10-5-3-2-4-9(10)13/h2-6H,7H2,1H3,(H,16,17). The molecule has 1 N–H and O–H groups in total. The fourth-order valence-corrected chi connectivity index (χ4v) is 1.91. The molecule has 0 atom stereocenters. The van der Waals surface area contributed by atoms with Gasteiger partial charge in [-0.1, -0.05) is 12.1 Å². The number of para-hydroxylation sites is 1. The number of aryl methyl sites for hydroxylation is 1. The predicted octanol–water partition coefficient (Wildman–Crippen LogP) is 2.46. The van der Waals surface area contributed by atoms with Crippen LogP contribution in [0, 0.1) is 0 Å². The number of rotatable bonds is 4. The van der Waals surface area contributed by atoms with E-state index in [2.05, 4.69) is 20.9 Å². The summed E-state index contributed by atoms with van der Waals surface area (Å²) < 4.78 is 7.86. The van der Waals surface area contributed by atoms with Crippen LogP contribution in [-0.4, -0.2) is 20.6 Å². The Morgan fingerprint density at radius 1 is 1.50 bits per heavy atom. The Labute approximate surface area is 112 Å². The molecule has 5 nitrogen and oxygen atoms in total. The molecule has 0 spiro atoms. The Morgan fingerprint density at radius 2 is 2.22 bits per heavy atom. The highest BCUT2D eigenvalue weighted by Gasteiger charge is 2.12. The molecule has 2 rings (SSSR count). The molecular weight excluding hydrogens is 300 g/mol. The summed E-state index contributed by atoms with van der Waals surface area (Å²) in [5, 5.41) is 8.88. The van der Waals surface area contributed by atoms with Gasteiger partial charge in [0.15, 0.2) is 0 Å². The molecule has 0 saturated carbocycles. The van der Waals surface area contributed by atoms with E-state index in [9.17, 15) is 4.79 Å². The van der Waals surface area contributed by atoms with E-state index in [0.717, 1.165) is 4.47 Å². The molecule has 0 radical (unpaired) electrons. The summed E-state index contributed by atoms with van der Waals surface area (Å²) in [4.78, 5) is 14.8. The van der Waals surface area contributed by atoms with Gasteiger partial charge in [-0.15, -0.1) is 0 Å². The van der Waals surface area contributed by atoms with Crippen LogP contribution in [-0.2, 0) is 13.7 Å². The van der Waals surface area contributed by atoms with Gasteiger partial charge in [0.2, 0.25) is 5.82 Å². The molecule has 18 heavy (non-hydrogen) atoms. The maximum absolute atomic E-state index is 10.8. The van der Waals surface area contributed by atoms with Gasteiger partial charge >= 0.3 is 5.97 Å². The number of carboxylic acids is 1. The number of imidazole rings is 1. The molecule has 0 unspecified atom stereocenters. The fourth-order valence-electron chi connectivity index (χ4n) is 1.51. The highest BCUT2D eigenvalue weighted by molar-refractivity contribution is 9.10. The topological polar surface area (TPSA) is 64.4 Å². The van der Waals surface area contributed by atoms with Crippen LogP contribution in [0.1, 0.15) is 16.3 Å². The Kier molecular flexibility index (Phi) is 3.66. The summed E-state index contributed by atoms with van der Waals surface area (Å²) in [6.07, 6.45) is 1.64. The van der Waals surface area contributed by atoms with Gasteiger partial charge in [-0.25, -0.2) is 9.78 Å². The average molecular weight is 311 g/mol. The fraction of sp³-hybridized carbons (Fsp3) is 0.167. The normalized spacial score (nSPS) is 10.3. The van der Waals surface area contributed by atoms with E-state index in [1.165, 1.54) is 4.57 Å². The molecule has 0 aliphatic heterocycles. The molecule has 1 aromatic carbocycles. The lowest BCUT2D eigenvalue weighted by atomic mass is 10.3. The molecular formula is C12H11BrN2O3.